The van der Waals surface area contributed by atoms with Crippen LogP contribution in [0.4, 0.5) is 0 Å². The Hall–Kier alpha value is -1.28. The molecule has 1 aromatic carbocycles. The van der Waals surface area contributed by atoms with Crippen LogP contribution in [-0.4, -0.2) is 13.2 Å². The molecule has 0 aliphatic carbocycles. The van der Waals surface area contributed by atoms with Crippen LogP contribution < -0.4 is 10.1 Å². The van der Waals surface area contributed by atoms with Crippen molar-refractivity contribution in [2.24, 2.45) is 0 Å². The fraction of sp³-hybridized carbons (Fsp3) is 0.556. The average molecular weight is 275 g/mol. The van der Waals surface area contributed by atoms with Crippen molar-refractivity contribution in [2.45, 2.75) is 52.5 Å². The van der Waals surface area contributed by atoms with Crippen LogP contribution in [0.1, 0.15) is 56.7 Å². The van der Waals surface area contributed by atoms with Crippen molar-refractivity contribution in [3.8, 4) is 5.75 Å². The topological polar surface area (TPSA) is 21.3 Å². The lowest BCUT2D eigenvalue weighted by atomic mass is 10.0. The quantitative estimate of drug-likeness (QED) is 0.489. The maximum Gasteiger partial charge on any atom is 0.124 e. The molecule has 0 bridgehead atoms. The SMILES string of the molecule is C=CCCCCCOc1cc(C)ccc1C(C)NCC. The molecule has 1 N–H and O–H groups in total. The molecule has 2 heteroatoms. The summed E-state index contributed by atoms with van der Waals surface area (Å²) in [6.07, 6.45) is 6.61. The van der Waals surface area contributed by atoms with Gasteiger partial charge in [0.15, 0.2) is 0 Å². The molecule has 1 unspecified atom stereocenters. The highest BCUT2D eigenvalue weighted by Crippen LogP contribution is 2.26. The highest BCUT2D eigenvalue weighted by Gasteiger charge is 2.10. The van der Waals surface area contributed by atoms with Crippen molar-refractivity contribution in [1.82, 2.24) is 5.32 Å². The first-order valence-electron chi connectivity index (χ1n) is 7.76. The van der Waals surface area contributed by atoms with Gasteiger partial charge >= 0.3 is 0 Å². The minimum absolute atomic E-state index is 0.330. The van der Waals surface area contributed by atoms with E-state index in [0.717, 1.165) is 31.7 Å². The molecule has 1 aromatic rings. The number of nitrogens with one attached hydrogen (secondary N) is 1. The zero-order valence-corrected chi connectivity index (χ0v) is 13.2. The van der Waals surface area contributed by atoms with Crippen molar-refractivity contribution >= 4 is 0 Å². The van der Waals surface area contributed by atoms with Crippen LogP contribution in [0.3, 0.4) is 0 Å². The van der Waals surface area contributed by atoms with E-state index >= 15 is 0 Å². The van der Waals surface area contributed by atoms with Crippen molar-refractivity contribution in [1.29, 1.82) is 0 Å². The van der Waals surface area contributed by atoms with Crippen molar-refractivity contribution in [2.75, 3.05) is 13.2 Å². The molecule has 112 valence electrons. The summed E-state index contributed by atoms with van der Waals surface area (Å²) in [5.41, 5.74) is 2.50. The molecule has 20 heavy (non-hydrogen) atoms. The molecule has 0 aromatic heterocycles. The molecular formula is C18H29NO. The van der Waals surface area contributed by atoms with Crippen molar-refractivity contribution in [3.05, 3.63) is 42.0 Å². The fourth-order valence-electron chi connectivity index (χ4n) is 2.29. The minimum atomic E-state index is 0.330. The van der Waals surface area contributed by atoms with Gasteiger partial charge in [0, 0.05) is 11.6 Å². The Kier molecular flexibility index (Phi) is 8.05. The average Bonchev–Trinajstić information content (AvgIpc) is 2.43. The Morgan fingerprint density at radius 2 is 2.10 bits per heavy atom. The third-order valence-corrected chi connectivity index (χ3v) is 3.46. The first-order valence-corrected chi connectivity index (χ1v) is 7.76. The van der Waals surface area contributed by atoms with E-state index in [-0.39, 0.29) is 0 Å². The standard InChI is InChI=1S/C18H29NO/c1-5-7-8-9-10-13-20-18-14-15(3)11-12-17(18)16(4)19-6-2/h5,11-12,14,16,19H,1,6-10,13H2,2-4H3. The second-order valence-electron chi connectivity index (χ2n) is 5.31. The number of hydrogen-bond donors (Lipinski definition) is 1. The molecule has 0 saturated heterocycles. The van der Waals surface area contributed by atoms with Crippen LogP contribution >= 0.6 is 0 Å². The largest absolute Gasteiger partial charge is 0.493 e. The van der Waals surface area contributed by atoms with E-state index in [0.29, 0.717) is 6.04 Å². The van der Waals surface area contributed by atoms with Gasteiger partial charge in [-0.3, -0.25) is 0 Å². The molecule has 0 amide bonds. The summed E-state index contributed by atoms with van der Waals surface area (Å²) in [4.78, 5) is 0. The predicted octanol–water partition coefficient (Wildman–Crippen LogP) is 4.79. The smallest absolute Gasteiger partial charge is 0.124 e. The highest BCUT2D eigenvalue weighted by atomic mass is 16.5. The molecule has 1 atom stereocenters. The molecule has 0 aliphatic heterocycles. The highest BCUT2D eigenvalue weighted by molar-refractivity contribution is 5.39. The number of ether oxygens (including phenoxy) is 1. The van der Waals surface area contributed by atoms with Gasteiger partial charge in [-0.1, -0.05) is 25.1 Å². The maximum absolute atomic E-state index is 6.00. The van der Waals surface area contributed by atoms with E-state index in [2.05, 4.69) is 50.9 Å². The van der Waals surface area contributed by atoms with Gasteiger partial charge in [0.2, 0.25) is 0 Å². The van der Waals surface area contributed by atoms with E-state index in [1.54, 1.807) is 0 Å². The van der Waals surface area contributed by atoms with E-state index < -0.39 is 0 Å². The van der Waals surface area contributed by atoms with Gasteiger partial charge in [0.1, 0.15) is 5.75 Å². The Morgan fingerprint density at radius 1 is 1.30 bits per heavy atom. The second kappa shape index (κ2) is 9.60. The fourth-order valence-corrected chi connectivity index (χ4v) is 2.29. The molecule has 0 spiro atoms. The van der Waals surface area contributed by atoms with Crippen molar-refractivity contribution in [3.63, 3.8) is 0 Å². The van der Waals surface area contributed by atoms with E-state index in [9.17, 15) is 0 Å². The molecule has 1 rings (SSSR count). The Bertz CT molecular complexity index is 400. The van der Waals surface area contributed by atoms with Crippen molar-refractivity contribution < 1.29 is 4.74 Å². The summed E-state index contributed by atoms with van der Waals surface area (Å²) in [5, 5.41) is 3.45. The van der Waals surface area contributed by atoms with Gasteiger partial charge < -0.3 is 10.1 Å². The minimum Gasteiger partial charge on any atom is -0.493 e. The number of hydrogen-bond acceptors (Lipinski definition) is 2. The number of benzene rings is 1. The van der Waals surface area contributed by atoms with Crippen LogP contribution in [0, 0.1) is 6.92 Å². The number of aryl methyl sites for hydroxylation is 1. The third kappa shape index (κ3) is 5.79. The molecule has 0 saturated carbocycles. The van der Waals surface area contributed by atoms with Gasteiger partial charge in [-0.15, -0.1) is 6.58 Å². The zero-order valence-electron chi connectivity index (χ0n) is 13.2. The molecular weight excluding hydrogens is 246 g/mol. The van der Waals surface area contributed by atoms with Gasteiger partial charge in [0.25, 0.3) is 0 Å². The van der Waals surface area contributed by atoms with E-state index in [4.69, 9.17) is 4.74 Å². The first-order chi connectivity index (χ1) is 9.69. The summed E-state index contributed by atoms with van der Waals surface area (Å²) >= 11 is 0. The predicted molar refractivity (Wildman–Crippen MR) is 87.4 cm³/mol. The molecule has 0 heterocycles. The third-order valence-electron chi connectivity index (χ3n) is 3.46. The first kappa shape index (κ1) is 16.8. The van der Waals surface area contributed by atoms with Crippen LogP contribution in [-0.2, 0) is 0 Å². The van der Waals surface area contributed by atoms with Crippen LogP contribution in [0.2, 0.25) is 0 Å². The normalized spacial score (nSPS) is 12.2. The summed E-state index contributed by atoms with van der Waals surface area (Å²) in [7, 11) is 0. The maximum atomic E-state index is 6.00. The van der Waals surface area contributed by atoms with Gasteiger partial charge in [-0.2, -0.15) is 0 Å². The van der Waals surface area contributed by atoms with Crippen LogP contribution in [0.25, 0.3) is 0 Å². The molecule has 0 fully saturated rings. The van der Waals surface area contributed by atoms with Crippen LogP contribution in [0.5, 0.6) is 5.75 Å². The second-order valence-corrected chi connectivity index (χ2v) is 5.31. The number of rotatable bonds is 10. The Morgan fingerprint density at radius 3 is 2.80 bits per heavy atom. The monoisotopic (exact) mass is 275 g/mol. The van der Waals surface area contributed by atoms with Gasteiger partial charge in [-0.05, 0) is 57.7 Å². The summed E-state index contributed by atoms with van der Waals surface area (Å²) in [6.45, 7) is 11.9. The molecule has 0 aliphatic rings. The van der Waals surface area contributed by atoms with Gasteiger partial charge in [-0.25, -0.2) is 0 Å². The van der Waals surface area contributed by atoms with Gasteiger partial charge in [0.05, 0.1) is 6.61 Å². The lowest BCUT2D eigenvalue weighted by Gasteiger charge is -2.18. The van der Waals surface area contributed by atoms with E-state index in [1.165, 1.54) is 24.0 Å². The zero-order chi connectivity index (χ0) is 14.8. The summed E-state index contributed by atoms with van der Waals surface area (Å²) in [6, 6.07) is 6.80. The number of unbranched alkanes of at least 4 members (excludes halogenated alkanes) is 3. The molecule has 2 nitrogen and oxygen atoms in total. The number of allylic oxidation sites excluding steroid dienone is 1. The summed E-state index contributed by atoms with van der Waals surface area (Å²) in [5.74, 6) is 1.03. The molecule has 0 radical (unpaired) electrons. The van der Waals surface area contributed by atoms with E-state index in [1.807, 2.05) is 6.08 Å². The lowest BCUT2D eigenvalue weighted by molar-refractivity contribution is 0.299. The summed E-state index contributed by atoms with van der Waals surface area (Å²) < 4.78 is 6.00. The van der Waals surface area contributed by atoms with Crippen LogP contribution in [0.15, 0.2) is 30.9 Å². The Balaban J connectivity index is 2.54. The Labute approximate surface area is 124 Å². The lowest BCUT2D eigenvalue weighted by Crippen LogP contribution is -2.18.